The maximum Gasteiger partial charge on any atom is 0.269 e. The summed E-state index contributed by atoms with van der Waals surface area (Å²) in [4.78, 5) is 28.1. The standard InChI is InChI=1S/C22H21ClN2O3S/c1-4-28-18-13-19(14-8-6-5-7-9-14)29-20(18)21(26)24-15-10-11-17(23)16(12-15)22(27)25(2)3/h5-13H,4H2,1-3H3,(H,24,26). The number of hydrogen-bond donors (Lipinski definition) is 1. The molecule has 1 N–H and O–H groups in total. The Hall–Kier alpha value is -2.83. The van der Waals surface area contributed by atoms with Crippen LogP contribution >= 0.6 is 22.9 Å². The summed E-state index contributed by atoms with van der Waals surface area (Å²) in [6.07, 6.45) is 0. The van der Waals surface area contributed by atoms with E-state index < -0.39 is 0 Å². The summed E-state index contributed by atoms with van der Waals surface area (Å²) in [5, 5.41) is 3.18. The van der Waals surface area contributed by atoms with E-state index in [9.17, 15) is 9.59 Å². The quantitative estimate of drug-likeness (QED) is 0.570. The number of nitrogens with one attached hydrogen (secondary N) is 1. The van der Waals surface area contributed by atoms with E-state index in [1.807, 2.05) is 43.3 Å². The van der Waals surface area contributed by atoms with E-state index in [1.165, 1.54) is 16.2 Å². The predicted octanol–water partition coefficient (Wildman–Crippen LogP) is 5.42. The van der Waals surface area contributed by atoms with Crippen LogP contribution in [0.1, 0.15) is 27.0 Å². The monoisotopic (exact) mass is 428 g/mol. The molecule has 0 saturated carbocycles. The molecule has 0 atom stereocenters. The minimum Gasteiger partial charge on any atom is -0.492 e. The molecule has 0 aliphatic rings. The highest BCUT2D eigenvalue weighted by Gasteiger charge is 2.20. The average molecular weight is 429 g/mol. The van der Waals surface area contributed by atoms with Gasteiger partial charge in [0.2, 0.25) is 0 Å². The summed E-state index contributed by atoms with van der Waals surface area (Å²) in [5.74, 6) is 0.00204. The van der Waals surface area contributed by atoms with Gasteiger partial charge in [-0.2, -0.15) is 0 Å². The van der Waals surface area contributed by atoms with Gasteiger partial charge in [-0.15, -0.1) is 11.3 Å². The summed E-state index contributed by atoms with van der Waals surface area (Å²) >= 11 is 7.51. The number of hydrogen-bond acceptors (Lipinski definition) is 4. The summed E-state index contributed by atoms with van der Waals surface area (Å²) in [6, 6.07) is 16.5. The second-order valence-electron chi connectivity index (χ2n) is 6.45. The maximum absolute atomic E-state index is 12.9. The largest absolute Gasteiger partial charge is 0.492 e. The number of anilines is 1. The lowest BCUT2D eigenvalue weighted by molar-refractivity contribution is 0.0827. The normalized spacial score (nSPS) is 10.5. The third kappa shape index (κ3) is 4.78. The Morgan fingerprint density at radius 1 is 1.10 bits per heavy atom. The molecule has 150 valence electrons. The molecular formula is C22H21ClN2O3S. The molecular weight excluding hydrogens is 408 g/mol. The molecule has 0 aliphatic carbocycles. The molecule has 0 unspecified atom stereocenters. The lowest BCUT2D eigenvalue weighted by Gasteiger charge is -2.13. The molecule has 1 heterocycles. The molecule has 1 aromatic heterocycles. The first kappa shape index (κ1) is 20.9. The Morgan fingerprint density at radius 2 is 1.83 bits per heavy atom. The molecule has 0 bridgehead atoms. The number of amides is 2. The summed E-state index contributed by atoms with van der Waals surface area (Å²) < 4.78 is 5.68. The highest BCUT2D eigenvalue weighted by molar-refractivity contribution is 7.17. The van der Waals surface area contributed by atoms with Crippen molar-refractivity contribution in [3.63, 3.8) is 0 Å². The van der Waals surface area contributed by atoms with Crippen LogP contribution in [0.25, 0.3) is 10.4 Å². The molecule has 0 spiro atoms. The van der Waals surface area contributed by atoms with Crippen LogP contribution in [0.15, 0.2) is 54.6 Å². The number of nitrogens with zero attached hydrogens (tertiary/aromatic N) is 1. The fourth-order valence-corrected chi connectivity index (χ4v) is 3.94. The maximum atomic E-state index is 12.9. The zero-order valence-electron chi connectivity index (χ0n) is 16.4. The van der Waals surface area contributed by atoms with Crippen molar-refractivity contribution in [1.82, 2.24) is 4.90 Å². The highest BCUT2D eigenvalue weighted by atomic mass is 35.5. The first-order valence-corrected chi connectivity index (χ1v) is 10.2. The van der Waals surface area contributed by atoms with Crippen molar-refractivity contribution >= 4 is 40.4 Å². The van der Waals surface area contributed by atoms with Crippen LogP contribution in [-0.2, 0) is 0 Å². The fraction of sp³-hybridized carbons (Fsp3) is 0.182. The van der Waals surface area contributed by atoms with Gasteiger partial charge in [0.1, 0.15) is 10.6 Å². The number of rotatable bonds is 6. The molecule has 0 fully saturated rings. The molecule has 2 amide bonds. The van der Waals surface area contributed by atoms with Crippen molar-refractivity contribution in [3.8, 4) is 16.2 Å². The van der Waals surface area contributed by atoms with Gasteiger partial charge in [-0.1, -0.05) is 41.9 Å². The number of carbonyl (C=O) groups excluding carboxylic acids is 2. The van der Waals surface area contributed by atoms with Gasteiger partial charge in [0.25, 0.3) is 11.8 Å². The van der Waals surface area contributed by atoms with E-state index in [-0.39, 0.29) is 11.8 Å². The minimum atomic E-state index is -0.300. The van der Waals surface area contributed by atoms with Crippen molar-refractivity contribution in [3.05, 3.63) is 70.1 Å². The van der Waals surface area contributed by atoms with Gasteiger partial charge in [0.05, 0.1) is 17.2 Å². The lowest BCUT2D eigenvalue weighted by Crippen LogP contribution is -2.22. The highest BCUT2D eigenvalue weighted by Crippen LogP contribution is 2.37. The Balaban J connectivity index is 1.90. The molecule has 5 nitrogen and oxygen atoms in total. The molecule has 3 aromatic rings. The van der Waals surface area contributed by atoms with Crippen LogP contribution in [0.5, 0.6) is 5.75 Å². The minimum absolute atomic E-state index is 0.233. The van der Waals surface area contributed by atoms with Crippen LogP contribution < -0.4 is 10.1 Å². The van der Waals surface area contributed by atoms with Crippen LogP contribution in [0.4, 0.5) is 5.69 Å². The summed E-state index contributed by atoms with van der Waals surface area (Å²) in [6.45, 7) is 2.33. The van der Waals surface area contributed by atoms with Gasteiger partial charge < -0.3 is 15.0 Å². The topological polar surface area (TPSA) is 58.6 Å². The van der Waals surface area contributed by atoms with Crippen molar-refractivity contribution in [1.29, 1.82) is 0 Å². The molecule has 2 aromatic carbocycles. The number of benzene rings is 2. The number of halogens is 1. The van der Waals surface area contributed by atoms with E-state index in [2.05, 4.69) is 5.32 Å². The van der Waals surface area contributed by atoms with E-state index in [1.54, 1.807) is 32.3 Å². The number of thiophene rings is 1. The molecule has 0 saturated heterocycles. The van der Waals surface area contributed by atoms with Gasteiger partial charge in [-0.3, -0.25) is 9.59 Å². The summed E-state index contributed by atoms with van der Waals surface area (Å²) in [7, 11) is 3.30. The van der Waals surface area contributed by atoms with E-state index in [4.69, 9.17) is 16.3 Å². The van der Waals surface area contributed by atoms with Crippen LogP contribution in [0, 0.1) is 0 Å². The number of ether oxygens (including phenoxy) is 1. The molecule has 7 heteroatoms. The van der Waals surface area contributed by atoms with Crippen LogP contribution in [-0.4, -0.2) is 37.4 Å². The van der Waals surface area contributed by atoms with E-state index in [0.29, 0.717) is 33.5 Å². The van der Waals surface area contributed by atoms with Crippen molar-refractivity contribution in [2.45, 2.75) is 6.92 Å². The lowest BCUT2D eigenvalue weighted by atomic mass is 10.1. The first-order chi connectivity index (χ1) is 13.9. The van der Waals surface area contributed by atoms with Crippen molar-refractivity contribution in [2.75, 3.05) is 26.0 Å². The van der Waals surface area contributed by atoms with Crippen molar-refractivity contribution < 1.29 is 14.3 Å². The van der Waals surface area contributed by atoms with Gasteiger partial charge in [-0.25, -0.2) is 0 Å². The fourth-order valence-electron chi connectivity index (χ4n) is 2.74. The predicted molar refractivity (Wildman–Crippen MR) is 118 cm³/mol. The molecule has 0 radical (unpaired) electrons. The van der Waals surface area contributed by atoms with Gasteiger partial charge >= 0.3 is 0 Å². The van der Waals surface area contributed by atoms with Crippen molar-refractivity contribution in [2.24, 2.45) is 0 Å². The van der Waals surface area contributed by atoms with Gasteiger partial charge in [0.15, 0.2) is 0 Å². The SMILES string of the molecule is CCOc1cc(-c2ccccc2)sc1C(=O)Nc1ccc(Cl)c(C(=O)N(C)C)c1. The van der Waals surface area contributed by atoms with E-state index in [0.717, 1.165) is 10.4 Å². The molecule has 0 aliphatic heterocycles. The van der Waals surface area contributed by atoms with Crippen LogP contribution in [0.3, 0.4) is 0 Å². The summed E-state index contributed by atoms with van der Waals surface area (Å²) in [5.41, 5.74) is 1.83. The zero-order valence-corrected chi connectivity index (χ0v) is 17.9. The third-order valence-electron chi connectivity index (χ3n) is 4.12. The smallest absolute Gasteiger partial charge is 0.269 e. The van der Waals surface area contributed by atoms with E-state index >= 15 is 0 Å². The Bertz CT molecular complexity index is 1030. The Morgan fingerprint density at radius 3 is 2.48 bits per heavy atom. The second kappa shape index (κ2) is 9.11. The molecule has 3 rings (SSSR count). The van der Waals surface area contributed by atoms with Gasteiger partial charge in [0, 0.05) is 24.7 Å². The number of carbonyl (C=O) groups is 2. The zero-order chi connectivity index (χ0) is 21.0. The first-order valence-electron chi connectivity index (χ1n) is 9.05. The average Bonchev–Trinajstić information content (AvgIpc) is 3.14. The third-order valence-corrected chi connectivity index (χ3v) is 5.62. The Labute approximate surface area is 178 Å². The van der Waals surface area contributed by atoms with Crippen LogP contribution in [0.2, 0.25) is 5.02 Å². The Kier molecular flexibility index (Phi) is 6.56. The molecule has 29 heavy (non-hydrogen) atoms. The van der Waals surface area contributed by atoms with Gasteiger partial charge in [-0.05, 0) is 36.8 Å². The second-order valence-corrected chi connectivity index (χ2v) is 7.91.